The van der Waals surface area contributed by atoms with E-state index < -0.39 is 10.1 Å². The molecule has 0 aromatic carbocycles. The van der Waals surface area contributed by atoms with E-state index in [0.29, 0.717) is 6.42 Å². The van der Waals surface area contributed by atoms with Gasteiger partial charge in [0.25, 0.3) is 10.1 Å². The maximum absolute atomic E-state index is 9.79. The van der Waals surface area contributed by atoms with Crippen molar-refractivity contribution in [1.29, 1.82) is 0 Å². The summed E-state index contributed by atoms with van der Waals surface area (Å²) >= 11 is 0. The Labute approximate surface area is 99.1 Å². The molecule has 0 bridgehead atoms. The van der Waals surface area contributed by atoms with Gasteiger partial charge in [0.15, 0.2) is 0 Å². The summed E-state index contributed by atoms with van der Waals surface area (Å²) in [4.78, 5) is 0. The smallest absolute Gasteiger partial charge is 0.264 e. The van der Waals surface area contributed by atoms with Crippen LogP contribution in [0.3, 0.4) is 0 Å². The largest absolute Gasteiger partial charge is 0.314 e. The Morgan fingerprint density at radius 2 is 1.56 bits per heavy atom. The fourth-order valence-corrected chi connectivity index (χ4v) is 1.38. The molecule has 0 aromatic heterocycles. The third kappa shape index (κ3) is 23.4. The van der Waals surface area contributed by atoms with Crippen LogP contribution in [0.15, 0.2) is 12.7 Å². The molecule has 1 rings (SSSR count). The molecular weight excluding hydrogens is 228 g/mol. The highest BCUT2D eigenvalue weighted by atomic mass is 32.2. The van der Waals surface area contributed by atoms with Crippen molar-refractivity contribution in [3.63, 3.8) is 0 Å². The van der Waals surface area contributed by atoms with Crippen molar-refractivity contribution in [2.75, 3.05) is 31.9 Å². The first-order valence-corrected chi connectivity index (χ1v) is 7.02. The van der Waals surface area contributed by atoms with Crippen molar-refractivity contribution < 1.29 is 13.0 Å². The van der Waals surface area contributed by atoms with Gasteiger partial charge >= 0.3 is 0 Å². The number of hydrogen-bond acceptors (Lipinski definition) is 4. The average molecular weight is 252 g/mol. The predicted molar refractivity (Wildman–Crippen MR) is 68.3 cm³/mol. The molecule has 0 aliphatic carbocycles. The number of allylic oxidation sites excluding steroid dienone is 1. The van der Waals surface area contributed by atoms with Gasteiger partial charge in [0, 0.05) is 26.2 Å². The van der Waals surface area contributed by atoms with E-state index in [-0.39, 0.29) is 5.75 Å². The fraction of sp³-hybridized carbons (Fsp3) is 0.800. The van der Waals surface area contributed by atoms with Gasteiger partial charge in [0.1, 0.15) is 0 Å². The normalized spacial score (nSPS) is 14.9. The van der Waals surface area contributed by atoms with E-state index >= 15 is 0 Å². The Balaban J connectivity index is 0. The lowest BCUT2D eigenvalue weighted by molar-refractivity contribution is 0.482. The minimum atomic E-state index is -3.67. The van der Waals surface area contributed by atoms with Crippen molar-refractivity contribution >= 4 is 10.1 Å². The Hall–Kier alpha value is -0.430. The second kappa shape index (κ2) is 12.6. The van der Waals surface area contributed by atoms with Gasteiger partial charge in [-0.3, -0.25) is 4.55 Å². The lowest BCUT2D eigenvalue weighted by Crippen LogP contribution is -2.39. The van der Waals surface area contributed by atoms with Crippen LogP contribution in [-0.2, 0) is 10.1 Å². The van der Waals surface area contributed by atoms with Crippen molar-refractivity contribution in [2.24, 2.45) is 0 Å². The van der Waals surface area contributed by atoms with Gasteiger partial charge in [-0.05, 0) is 13.3 Å². The molecule has 1 saturated heterocycles. The molecule has 0 aromatic rings. The zero-order valence-electron chi connectivity index (χ0n) is 10.2. The van der Waals surface area contributed by atoms with Gasteiger partial charge in [-0.15, -0.1) is 6.58 Å². The molecule has 1 aliphatic heterocycles. The average Bonchev–Trinajstić information content (AvgIpc) is 2.20. The highest BCUT2D eigenvalue weighted by Crippen LogP contribution is 1.83. The third-order valence-corrected chi connectivity index (χ3v) is 2.34. The van der Waals surface area contributed by atoms with Gasteiger partial charge in [-0.2, -0.15) is 8.42 Å². The molecule has 98 valence electrons. The molecule has 1 heterocycles. The first-order valence-electron chi connectivity index (χ1n) is 5.41. The van der Waals surface area contributed by atoms with Crippen molar-refractivity contribution in [3.05, 3.63) is 12.7 Å². The molecular formula is C10H24N2O3S. The van der Waals surface area contributed by atoms with Gasteiger partial charge < -0.3 is 10.6 Å². The lowest BCUT2D eigenvalue weighted by atomic mass is 10.4. The lowest BCUT2D eigenvalue weighted by Gasteiger charge is -2.11. The van der Waals surface area contributed by atoms with E-state index in [1.54, 1.807) is 13.0 Å². The van der Waals surface area contributed by atoms with Crippen LogP contribution in [0, 0.1) is 0 Å². The standard InChI is InChI=1S/C4H10N2.C3H8O3S.C3H6/c1-2-6-4-3-5-1;1-2-3-7(4,5)6;1-3-2/h5-6H,1-4H2;2-3H2,1H3,(H,4,5,6);3H,1H2,2H3. The molecule has 0 radical (unpaired) electrons. The topological polar surface area (TPSA) is 78.4 Å². The predicted octanol–water partition coefficient (Wildman–Crippen LogP) is 0.656. The van der Waals surface area contributed by atoms with Crippen molar-refractivity contribution in [1.82, 2.24) is 10.6 Å². The minimum Gasteiger partial charge on any atom is -0.314 e. The zero-order chi connectivity index (χ0) is 12.9. The minimum absolute atomic E-state index is 0.132. The van der Waals surface area contributed by atoms with Crippen molar-refractivity contribution in [2.45, 2.75) is 20.3 Å². The Kier molecular flexibility index (Phi) is 14.2. The second-order valence-electron chi connectivity index (χ2n) is 3.19. The van der Waals surface area contributed by atoms with Crippen LogP contribution in [0.5, 0.6) is 0 Å². The van der Waals surface area contributed by atoms with Crippen LogP contribution in [0.4, 0.5) is 0 Å². The summed E-state index contributed by atoms with van der Waals surface area (Å²) in [6, 6.07) is 0. The molecule has 0 saturated carbocycles. The van der Waals surface area contributed by atoms with Crippen LogP contribution in [0.25, 0.3) is 0 Å². The number of nitrogens with one attached hydrogen (secondary N) is 2. The quantitative estimate of drug-likeness (QED) is 0.497. The van der Waals surface area contributed by atoms with Crippen LogP contribution in [-0.4, -0.2) is 44.9 Å². The molecule has 3 N–H and O–H groups in total. The van der Waals surface area contributed by atoms with E-state index in [1.165, 1.54) is 0 Å². The first kappa shape index (κ1) is 17.9. The van der Waals surface area contributed by atoms with E-state index in [1.807, 2.05) is 6.92 Å². The van der Waals surface area contributed by atoms with Gasteiger partial charge in [-0.1, -0.05) is 13.0 Å². The molecule has 6 heteroatoms. The van der Waals surface area contributed by atoms with Crippen molar-refractivity contribution in [3.8, 4) is 0 Å². The molecule has 1 fully saturated rings. The summed E-state index contributed by atoms with van der Waals surface area (Å²) in [6.07, 6.45) is 2.22. The second-order valence-corrected chi connectivity index (χ2v) is 4.77. The van der Waals surface area contributed by atoms with E-state index in [2.05, 4.69) is 17.2 Å². The van der Waals surface area contributed by atoms with E-state index in [9.17, 15) is 8.42 Å². The van der Waals surface area contributed by atoms with Gasteiger partial charge in [0.05, 0.1) is 5.75 Å². The van der Waals surface area contributed by atoms with E-state index in [0.717, 1.165) is 26.2 Å². The molecule has 1 aliphatic rings. The zero-order valence-corrected chi connectivity index (χ0v) is 11.0. The van der Waals surface area contributed by atoms with Crippen LogP contribution in [0.1, 0.15) is 20.3 Å². The molecule has 0 atom stereocenters. The molecule has 5 nitrogen and oxygen atoms in total. The molecule has 0 spiro atoms. The summed E-state index contributed by atoms with van der Waals surface area (Å²) in [7, 11) is -3.67. The number of rotatable bonds is 2. The van der Waals surface area contributed by atoms with Crippen LogP contribution >= 0.6 is 0 Å². The summed E-state index contributed by atoms with van der Waals surface area (Å²) in [5, 5.41) is 6.44. The monoisotopic (exact) mass is 252 g/mol. The third-order valence-electron chi connectivity index (χ3n) is 1.42. The van der Waals surface area contributed by atoms with Crippen LogP contribution in [0.2, 0.25) is 0 Å². The van der Waals surface area contributed by atoms with E-state index in [4.69, 9.17) is 4.55 Å². The van der Waals surface area contributed by atoms with Gasteiger partial charge in [-0.25, -0.2) is 0 Å². The summed E-state index contributed by atoms with van der Waals surface area (Å²) < 4.78 is 27.6. The first-order chi connectivity index (χ1) is 7.47. The van der Waals surface area contributed by atoms with Gasteiger partial charge in [0.2, 0.25) is 0 Å². The molecule has 0 unspecified atom stereocenters. The summed E-state index contributed by atoms with van der Waals surface area (Å²) in [6.45, 7) is 11.5. The maximum Gasteiger partial charge on any atom is 0.264 e. The fourth-order valence-electron chi connectivity index (χ4n) is 0.862. The molecule has 0 amide bonds. The highest BCUT2D eigenvalue weighted by molar-refractivity contribution is 7.85. The number of piperazine rings is 1. The summed E-state index contributed by atoms with van der Waals surface area (Å²) in [5.74, 6) is -0.132. The highest BCUT2D eigenvalue weighted by Gasteiger charge is 1.98. The number of hydrogen-bond donors (Lipinski definition) is 3. The SMILES string of the molecule is C1CNCCN1.C=CC.CCCS(=O)(=O)O. The Morgan fingerprint density at radius 1 is 1.25 bits per heavy atom. The Morgan fingerprint density at radius 3 is 1.62 bits per heavy atom. The van der Waals surface area contributed by atoms with Crippen LogP contribution < -0.4 is 10.6 Å². The maximum atomic E-state index is 9.79. The molecule has 16 heavy (non-hydrogen) atoms. The summed E-state index contributed by atoms with van der Waals surface area (Å²) in [5.41, 5.74) is 0. The Bertz CT molecular complexity index is 225.